The van der Waals surface area contributed by atoms with Crippen molar-refractivity contribution in [3.8, 4) is 0 Å². The van der Waals surface area contributed by atoms with Crippen molar-refractivity contribution >= 4 is 25.8 Å². The van der Waals surface area contributed by atoms with E-state index < -0.39 is 9.84 Å². The quantitative estimate of drug-likeness (QED) is 0.706. The second-order valence-corrected chi connectivity index (χ2v) is 5.59. The smallest absolute Gasteiger partial charge is 0.217 e. The third kappa shape index (κ3) is 1.38. The lowest BCUT2D eigenvalue weighted by molar-refractivity contribution is 0.471. The Balaban J connectivity index is 2.15. The van der Waals surface area contributed by atoms with E-state index in [1.165, 1.54) is 6.33 Å². The molecule has 5 nitrogen and oxygen atoms in total. The summed E-state index contributed by atoms with van der Waals surface area (Å²) in [5.74, 6) is 0.367. The average molecular weight is 252 g/mol. The van der Waals surface area contributed by atoms with Gasteiger partial charge in [0.2, 0.25) is 4.73 Å². The molecule has 2 rings (SSSR count). The van der Waals surface area contributed by atoms with E-state index >= 15 is 0 Å². The number of sulfone groups is 1. The van der Waals surface area contributed by atoms with E-state index in [0.29, 0.717) is 4.73 Å². The summed E-state index contributed by atoms with van der Waals surface area (Å²) in [6, 6.07) is -0.0196. The molecule has 0 unspecified atom stereocenters. The molecule has 1 aromatic heterocycles. The molecule has 12 heavy (non-hydrogen) atoms. The van der Waals surface area contributed by atoms with Crippen molar-refractivity contribution in [3.63, 3.8) is 0 Å². The molecule has 0 N–H and O–H groups in total. The predicted octanol–water partition coefficient (Wildman–Crippen LogP) is 0.0101. The van der Waals surface area contributed by atoms with Crippen LogP contribution in [-0.4, -0.2) is 34.7 Å². The summed E-state index contributed by atoms with van der Waals surface area (Å²) < 4.78 is 23.7. The Morgan fingerprint density at radius 3 is 2.67 bits per heavy atom. The van der Waals surface area contributed by atoms with Gasteiger partial charge < -0.3 is 0 Å². The molecule has 1 aromatic rings. The highest BCUT2D eigenvalue weighted by atomic mass is 79.9. The van der Waals surface area contributed by atoms with E-state index in [9.17, 15) is 8.42 Å². The average Bonchev–Trinajstić information content (AvgIpc) is 2.30. The first-order valence-corrected chi connectivity index (χ1v) is 5.95. The van der Waals surface area contributed by atoms with E-state index in [2.05, 4.69) is 26.0 Å². The summed E-state index contributed by atoms with van der Waals surface area (Å²) >= 11 is 3.09. The Hall–Kier alpha value is -0.430. The fourth-order valence-electron chi connectivity index (χ4n) is 1.12. The van der Waals surface area contributed by atoms with Crippen molar-refractivity contribution in [2.24, 2.45) is 0 Å². The third-order valence-corrected chi connectivity index (χ3v) is 3.90. The van der Waals surface area contributed by atoms with Crippen LogP contribution in [0.2, 0.25) is 0 Å². The molecule has 0 spiro atoms. The van der Waals surface area contributed by atoms with E-state index in [4.69, 9.17) is 0 Å². The highest BCUT2D eigenvalue weighted by Gasteiger charge is 2.35. The molecule has 1 fully saturated rings. The molecule has 1 saturated heterocycles. The fraction of sp³-hybridized carbons (Fsp3) is 0.600. The summed E-state index contributed by atoms with van der Waals surface area (Å²) in [4.78, 5) is 3.84. The first-order valence-electron chi connectivity index (χ1n) is 3.34. The SMILES string of the molecule is O=S1(=O)CC(n2cnc(Br)n2)C1. The number of aromatic nitrogens is 3. The Morgan fingerprint density at radius 2 is 2.25 bits per heavy atom. The number of nitrogens with zero attached hydrogens (tertiary/aromatic N) is 3. The van der Waals surface area contributed by atoms with Gasteiger partial charge in [-0.3, -0.25) is 0 Å². The lowest BCUT2D eigenvalue weighted by Gasteiger charge is -2.24. The zero-order valence-corrected chi connectivity index (χ0v) is 8.42. The molecule has 1 aliphatic heterocycles. The Bertz CT molecular complexity index is 387. The maximum atomic E-state index is 10.8. The maximum absolute atomic E-state index is 10.8. The molecule has 0 bridgehead atoms. The second kappa shape index (κ2) is 2.53. The monoisotopic (exact) mass is 251 g/mol. The van der Waals surface area contributed by atoms with E-state index in [0.717, 1.165) is 0 Å². The minimum Gasteiger partial charge on any atom is -0.247 e. The minimum atomic E-state index is -2.77. The van der Waals surface area contributed by atoms with Crippen LogP contribution in [0.3, 0.4) is 0 Å². The van der Waals surface area contributed by atoms with Gasteiger partial charge in [0.05, 0.1) is 17.5 Å². The summed E-state index contributed by atoms with van der Waals surface area (Å²) in [5.41, 5.74) is 0. The summed E-state index contributed by atoms with van der Waals surface area (Å²) in [5, 5.41) is 3.96. The molecule has 1 aliphatic rings. The van der Waals surface area contributed by atoms with Gasteiger partial charge in [0, 0.05) is 0 Å². The lowest BCUT2D eigenvalue weighted by atomic mass is 10.4. The molecule has 0 atom stereocenters. The van der Waals surface area contributed by atoms with Crippen LogP contribution >= 0.6 is 15.9 Å². The van der Waals surface area contributed by atoms with Gasteiger partial charge in [-0.2, -0.15) is 0 Å². The number of hydrogen-bond acceptors (Lipinski definition) is 4. The molecule has 2 heterocycles. The van der Waals surface area contributed by atoms with Crippen LogP contribution in [-0.2, 0) is 9.84 Å². The fourth-order valence-corrected chi connectivity index (χ4v) is 2.77. The Morgan fingerprint density at radius 1 is 1.58 bits per heavy atom. The maximum Gasteiger partial charge on any atom is 0.217 e. The van der Waals surface area contributed by atoms with Gasteiger partial charge in [0.1, 0.15) is 6.33 Å². The molecule has 0 amide bonds. The van der Waals surface area contributed by atoms with Gasteiger partial charge in [-0.15, -0.1) is 5.10 Å². The van der Waals surface area contributed by atoms with Gasteiger partial charge in [0.25, 0.3) is 0 Å². The highest BCUT2D eigenvalue weighted by Crippen LogP contribution is 2.22. The van der Waals surface area contributed by atoms with Crippen molar-refractivity contribution in [2.45, 2.75) is 6.04 Å². The lowest BCUT2D eigenvalue weighted by Crippen LogP contribution is -2.38. The van der Waals surface area contributed by atoms with Gasteiger partial charge in [-0.25, -0.2) is 18.1 Å². The standard InChI is InChI=1S/C5H6BrN3O2S/c6-5-7-3-9(8-5)4-1-12(10,11)2-4/h3-4H,1-2H2. The van der Waals surface area contributed by atoms with Crippen molar-refractivity contribution in [1.29, 1.82) is 0 Å². The van der Waals surface area contributed by atoms with Crippen molar-refractivity contribution in [1.82, 2.24) is 14.8 Å². The molecule has 0 radical (unpaired) electrons. The predicted molar refractivity (Wildman–Crippen MR) is 45.4 cm³/mol. The van der Waals surface area contributed by atoms with Crippen LogP contribution in [0.25, 0.3) is 0 Å². The Kier molecular flexibility index (Phi) is 1.72. The van der Waals surface area contributed by atoms with Crippen LogP contribution < -0.4 is 0 Å². The number of halogens is 1. The van der Waals surface area contributed by atoms with Crippen molar-refractivity contribution in [2.75, 3.05) is 11.5 Å². The first-order chi connectivity index (χ1) is 5.57. The molecule has 7 heteroatoms. The summed E-state index contributed by atoms with van der Waals surface area (Å²) in [6.45, 7) is 0. The zero-order chi connectivity index (χ0) is 8.77. The zero-order valence-electron chi connectivity index (χ0n) is 6.01. The summed E-state index contributed by atoms with van der Waals surface area (Å²) in [6.07, 6.45) is 1.53. The van der Waals surface area contributed by atoms with Crippen LogP contribution in [0.1, 0.15) is 6.04 Å². The second-order valence-electron chi connectivity index (χ2n) is 2.72. The normalized spacial score (nSPS) is 22.1. The largest absolute Gasteiger partial charge is 0.247 e. The van der Waals surface area contributed by atoms with Crippen LogP contribution in [0.4, 0.5) is 0 Å². The molecule has 0 aromatic carbocycles. The molecule has 0 saturated carbocycles. The van der Waals surface area contributed by atoms with Crippen LogP contribution in [0, 0.1) is 0 Å². The molecule has 0 aliphatic carbocycles. The highest BCUT2D eigenvalue weighted by molar-refractivity contribution is 9.10. The first kappa shape index (κ1) is 8.18. The summed E-state index contributed by atoms with van der Waals surface area (Å²) in [7, 11) is -2.77. The van der Waals surface area contributed by atoms with Crippen molar-refractivity contribution in [3.05, 3.63) is 11.1 Å². The van der Waals surface area contributed by atoms with Gasteiger partial charge in [-0.1, -0.05) is 0 Å². The van der Waals surface area contributed by atoms with Gasteiger partial charge >= 0.3 is 0 Å². The third-order valence-electron chi connectivity index (χ3n) is 1.75. The Labute approximate surface area is 77.8 Å². The van der Waals surface area contributed by atoms with Crippen molar-refractivity contribution < 1.29 is 8.42 Å². The van der Waals surface area contributed by atoms with Gasteiger partial charge in [0.15, 0.2) is 9.84 Å². The molecular weight excluding hydrogens is 246 g/mol. The van der Waals surface area contributed by atoms with E-state index in [-0.39, 0.29) is 17.5 Å². The number of rotatable bonds is 1. The number of hydrogen-bond donors (Lipinski definition) is 0. The van der Waals surface area contributed by atoms with Gasteiger partial charge in [-0.05, 0) is 15.9 Å². The minimum absolute atomic E-state index is 0.0196. The van der Waals surface area contributed by atoms with E-state index in [1.807, 2.05) is 0 Å². The molecule has 66 valence electrons. The van der Waals surface area contributed by atoms with Crippen LogP contribution in [0.15, 0.2) is 11.1 Å². The van der Waals surface area contributed by atoms with E-state index in [1.54, 1.807) is 4.68 Å². The molecular formula is C5H6BrN3O2S. The topological polar surface area (TPSA) is 64.8 Å². The van der Waals surface area contributed by atoms with Crippen LogP contribution in [0.5, 0.6) is 0 Å².